The van der Waals surface area contributed by atoms with E-state index in [9.17, 15) is 13.2 Å². The van der Waals surface area contributed by atoms with Gasteiger partial charge in [0.25, 0.3) is 10.0 Å². The molecular weight excluding hydrogens is 424 g/mol. The molecule has 162 valence electrons. The molecule has 7 heteroatoms. The molecule has 1 aliphatic carbocycles. The zero-order valence-corrected chi connectivity index (χ0v) is 18.5. The molecule has 0 amide bonds. The lowest BCUT2D eigenvalue weighted by Gasteiger charge is -2.19. The van der Waals surface area contributed by atoms with Gasteiger partial charge in [0, 0.05) is 16.8 Å². The van der Waals surface area contributed by atoms with E-state index in [4.69, 9.17) is 4.74 Å². The summed E-state index contributed by atoms with van der Waals surface area (Å²) in [4.78, 5) is 13.1. The molecule has 1 N–H and O–H groups in total. The van der Waals surface area contributed by atoms with E-state index in [1.807, 2.05) is 6.92 Å². The molecule has 6 nitrogen and oxygen atoms in total. The molecule has 0 heterocycles. The van der Waals surface area contributed by atoms with E-state index in [-0.39, 0.29) is 22.1 Å². The number of benzene rings is 3. The van der Waals surface area contributed by atoms with E-state index in [0.29, 0.717) is 22.6 Å². The molecule has 4 rings (SSSR count). The van der Waals surface area contributed by atoms with Crippen molar-refractivity contribution in [1.29, 1.82) is 0 Å². The lowest BCUT2D eigenvalue weighted by molar-refractivity contribution is 0.103. The van der Waals surface area contributed by atoms with Gasteiger partial charge in [-0.15, -0.1) is 0 Å². The van der Waals surface area contributed by atoms with Gasteiger partial charge in [0.05, 0.1) is 23.4 Å². The number of allylic oxidation sites excluding steroid dienone is 2. The molecule has 0 bridgehead atoms. The second kappa shape index (κ2) is 8.80. The highest BCUT2D eigenvalue weighted by Gasteiger charge is 2.26. The van der Waals surface area contributed by atoms with E-state index in [1.165, 1.54) is 6.08 Å². The number of nitrogens with zero attached hydrogens (tertiary/aromatic N) is 1. The molecule has 3 aromatic rings. The maximum absolute atomic E-state index is 13.0. The summed E-state index contributed by atoms with van der Waals surface area (Å²) in [6.45, 7) is 2.00. The van der Waals surface area contributed by atoms with Crippen LogP contribution in [0.25, 0.3) is 0 Å². The number of Topliss-reactive ketones (excluding diaryl/α,β-unsaturated/α-hetero) is 1. The second-order valence-corrected chi connectivity index (χ2v) is 8.84. The number of carbonyl (C=O) groups excluding carboxylic acids is 1. The van der Waals surface area contributed by atoms with Gasteiger partial charge in [0.15, 0.2) is 0 Å². The number of methoxy groups -OCH3 is 1. The SMILES string of the molecule is CCc1ccc(S(=O)(=O)/N=C2\C=C(Nc3ccc(OC)cc3)C(=O)c3ccccc32)cc1. The molecule has 0 radical (unpaired) electrons. The Labute approximate surface area is 187 Å². The van der Waals surface area contributed by atoms with Gasteiger partial charge in [-0.05, 0) is 54.5 Å². The summed E-state index contributed by atoms with van der Waals surface area (Å²) in [6.07, 6.45) is 2.29. The van der Waals surface area contributed by atoms with Crippen molar-refractivity contribution >= 4 is 27.2 Å². The van der Waals surface area contributed by atoms with E-state index >= 15 is 0 Å². The molecule has 3 aromatic carbocycles. The summed E-state index contributed by atoms with van der Waals surface area (Å²) in [5, 5.41) is 3.07. The topological polar surface area (TPSA) is 84.8 Å². The van der Waals surface area contributed by atoms with Gasteiger partial charge in [-0.2, -0.15) is 12.8 Å². The van der Waals surface area contributed by atoms with Crippen molar-refractivity contribution < 1.29 is 17.9 Å². The summed E-state index contributed by atoms with van der Waals surface area (Å²) in [7, 11) is -2.39. The van der Waals surface area contributed by atoms with Crippen molar-refractivity contribution in [3.05, 3.63) is 101 Å². The van der Waals surface area contributed by atoms with Crippen LogP contribution in [0.4, 0.5) is 5.69 Å². The molecule has 0 spiro atoms. The van der Waals surface area contributed by atoms with E-state index in [1.54, 1.807) is 79.9 Å². The average Bonchev–Trinajstić information content (AvgIpc) is 2.82. The van der Waals surface area contributed by atoms with Crippen LogP contribution in [0.2, 0.25) is 0 Å². The zero-order chi connectivity index (χ0) is 22.7. The van der Waals surface area contributed by atoms with Crippen LogP contribution in [0.5, 0.6) is 5.75 Å². The summed E-state index contributed by atoms with van der Waals surface area (Å²) < 4.78 is 35.2. The Morgan fingerprint density at radius 2 is 1.56 bits per heavy atom. The van der Waals surface area contributed by atoms with Gasteiger partial charge < -0.3 is 10.1 Å². The Kier molecular flexibility index (Phi) is 5.92. The van der Waals surface area contributed by atoms with Crippen molar-refractivity contribution in [3.8, 4) is 5.75 Å². The number of hydrogen-bond acceptors (Lipinski definition) is 5. The quantitative estimate of drug-likeness (QED) is 0.597. The van der Waals surface area contributed by atoms with Gasteiger partial charge in [0.1, 0.15) is 5.75 Å². The smallest absolute Gasteiger partial charge is 0.282 e. The fourth-order valence-corrected chi connectivity index (χ4v) is 4.40. The fourth-order valence-electron chi connectivity index (χ4n) is 3.41. The van der Waals surface area contributed by atoms with Crippen LogP contribution >= 0.6 is 0 Å². The third-order valence-corrected chi connectivity index (χ3v) is 6.50. The first-order chi connectivity index (χ1) is 15.4. The minimum Gasteiger partial charge on any atom is -0.497 e. The Bertz CT molecular complexity index is 1320. The maximum atomic E-state index is 13.0. The zero-order valence-electron chi connectivity index (χ0n) is 17.7. The molecule has 1 aliphatic rings. The number of nitrogens with one attached hydrogen (secondary N) is 1. The predicted molar refractivity (Wildman–Crippen MR) is 125 cm³/mol. The predicted octanol–water partition coefficient (Wildman–Crippen LogP) is 4.63. The van der Waals surface area contributed by atoms with Crippen LogP contribution < -0.4 is 10.1 Å². The van der Waals surface area contributed by atoms with Gasteiger partial charge in [-0.1, -0.05) is 43.3 Å². The standard InChI is InChI=1S/C25H22N2O4S/c1-3-17-8-14-20(15-9-17)32(29,30)27-23-16-24(25(28)22-7-5-4-6-21(22)23)26-18-10-12-19(31-2)13-11-18/h4-16,26H,3H2,1-2H3/b27-23+. The highest BCUT2D eigenvalue weighted by molar-refractivity contribution is 7.90. The summed E-state index contributed by atoms with van der Waals surface area (Å²) in [5.41, 5.74) is 3.02. The number of carbonyl (C=O) groups is 1. The normalized spacial score (nSPS) is 14.6. The number of aryl methyl sites for hydroxylation is 1. The van der Waals surface area contributed by atoms with Gasteiger partial charge in [-0.25, -0.2) is 0 Å². The molecule has 0 unspecified atom stereocenters. The van der Waals surface area contributed by atoms with Gasteiger partial charge >= 0.3 is 0 Å². The number of ether oxygens (including phenoxy) is 1. The van der Waals surface area contributed by atoms with E-state index in [2.05, 4.69) is 9.71 Å². The second-order valence-electron chi connectivity index (χ2n) is 7.24. The van der Waals surface area contributed by atoms with Crippen molar-refractivity contribution in [1.82, 2.24) is 0 Å². The molecule has 0 saturated heterocycles. The maximum Gasteiger partial charge on any atom is 0.282 e. The Morgan fingerprint density at radius 3 is 2.19 bits per heavy atom. The van der Waals surface area contributed by atoms with Crippen LogP contribution in [0, 0.1) is 0 Å². The minimum atomic E-state index is -3.96. The first-order valence-corrected chi connectivity index (χ1v) is 11.6. The summed E-state index contributed by atoms with van der Waals surface area (Å²) in [5.74, 6) is 0.451. The number of rotatable bonds is 6. The van der Waals surface area contributed by atoms with Crippen molar-refractivity contribution in [2.45, 2.75) is 18.2 Å². The van der Waals surface area contributed by atoms with Crippen LogP contribution in [0.1, 0.15) is 28.4 Å². The Morgan fingerprint density at radius 1 is 0.906 bits per heavy atom. The monoisotopic (exact) mass is 446 g/mol. The Balaban J connectivity index is 1.76. The molecule has 0 saturated carbocycles. The molecule has 0 aliphatic heterocycles. The van der Waals surface area contributed by atoms with Crippen molar-refractivity contribution in [3.63, 3.8) is 0 Å². The highest BCUT2D eigenvalue weighted by Crippen LogP contribution is 2.26. The third kappa shape index (κ3) is 4.33. The number of fused-ring (bicyclic) bond motifs is 1. The highest BCUT2D eigenvalue weighted by atomic mass is 32.2. The molecule has 0 atom stereocenters. The number of ketones is 1. The number of hydrogen-bond donors (Lipinski definition) is 1. The molecule has 0 aromatic heterocycles. The fraction of sp³-hybridized carbons (Fsp3) is 0.120. The van der Waals surface area contributed by atoms with Crippen LogP contribution in [-0.2, 0) is 16.4 Å². The summed E-state index contributed by atoms with van der Waals surface area (Å²) in [6, 6.07) is 20.6. The number of sulfonamides is 1. The van der Waals surface area contributed by atoms with Crippen LogP contribution in [-0.4, -0.2) is 27.0 Å². The molecular formula is C25H22N2O4S. The van der Waals surface area contributed by atoms with Crippen LogP contribution in [0.3, 0.4) is 0 Å². The van der Waals surface area contributed by atoms with E-state index in [0.717, 1.165) is 12.0 Å². The minimum absolute atomic E-state index is 0.106. The van der Waals surface area contributed by atoms with Gasteiger partial charge in [-0.3, -0.25) is 4.79 Å². The van der Waals surface area contributed by atoms with Gasteiger partial charge in [0.2, 0.25) is 5.78 Å². The first kappa shape index (κ1) is 21.5. The number of anilines is 1. The lowest BCUT2D eigenvalue weighted by Crippen LogP contribution is -2.22. The lowest BCUT2D eigenvalue weighted by atomic mass is 9.92. The molecule has 0 fully saturated rings. The third-order valence-electron chi connectivity index (χ3n) is 5.19. The van der Waals surface area contributed by atoms with E-state index < -0.39 is 10.0 Å². The van der Waals surface area contributed by atoms with Crippen LogP contribution in [0.15, 0.2) is 93.9 Å². The van der Waals surface area contributed by atoms with Crippen molar-refractivity contribution in [2.24, 2.45) is 4.40 Å². The Hall–Kier alpha value is -3.71. The molecule has 32 heavy (non-hydrogen) atoms. The largest absolute Gasteiger partial charge is 0.497 e. The average molecular weight is 447 g/mol. The summed E-state index contributed by atoms with van der Waals surface area (Å²) >= 11 is 0. The van der Waals surface area contributed by atoms with Crippen molar-refractivity contribution in [2.75, 3.05) is 12.4 Å². The first-order valence-electron chi connectivity index (χ1n) is 10.1.